The smallest absolute Gasteiger partial charge is 0.317 e. The van der Waals surface area contributed by atoms with E-state index in [0.29, 0.717) is 22.3 Å². The fourth-order valence-electron chi connectivity index (χ4n) is 3.98. The average molecular weight is 544 g/mol. The van der Waals surface area contributed by atoms with Crippen molar-refractivity contribution >= 4 is 21.8 Å². The van der Waals surface area contributed by atoms with E-state index in [1.807, 2.05) is 19.1 Å². The normalized spacial score (nSPS) is 11.8. The molecular formula is C32H33NO5S. The summed E-state index contributed by atoms with van der Waals surface area (Å²) in [5.74, 6) is 4.09. The van der Waals surface area contributed by atoms with Crippen LogP contribution >= 0.6 is 0 Å². The van der Waals surface area contributed by atoms with Crippen molar-refractivity contribution in [1.29, 1.82) is 0 Å². The molecule has 0 fully saturated rings. The summed E-state index contributed by atoms with van der Waals surface area (Å²) in [7, 11) is -3.79. The lowest BCUT2D eigenvalue weighted by molar-refractivity contribution is -0.146. The Kier molecular flexibility index (Phi) is 10.4. The van der Waals surface area contributed by atoms with Crippen LogP contribution in [0.3, 0.4) is 0 Å². The second kappa shape index (κ2) is 13.7. The number of ketones is 1. The number of rotatable bonds is 11. The maximum Gasteiger partial charge on any atom is 0.317 e. The molecule has 39 heavy (non-hydrogen) atoms. The molecule has 0 amide bonds. The van der Waals surface area contributed by atoms with Crippen LogP contribution in [-0.4, -0.2) is 44.2 Å². The number of Topliss-reactive ketones (excluding diaryl/α,β-unsaturated/α-hetero) is 1. The lowest BCUT2D eigenvalue weighted by atomic mass is 9.89. The summed E-state index contributed by atoms with van der Waals surface area (Å²) in [4.78, 5) is 26.2. The molecule has 202 valence electrons. The van der Waals surface area contributed by atoms with Crippen molar-refractivity contribution in [3.63, 3.8) is 0 Å². The SMILES string of the molecule is C=C(C)CN(CC#Cc1ccccc1CC(C(=O)OCC)C(=O)c1ccccc1)S(=O)(=O)c1ccc(C)cc1. The molecule has 3 aromatic rings. The van der Waals surface area contributed by atoms with E-state index >= 15 is 0 Å². The summed E-state index contributed by atoms with van der Waals surface area (Å²) in [6.45, 7) is 9.46. The number of sulfonamides is 1. The molecule has 0 saturated carbocycles. The van der Waals surface area contributed by atoms with Gasteiger partial charge in [-0.2, -0.15) is 4.31 Å². The van der Waals surface area contributed by atoms with Gasteiger partial charge in [0.15, 0.2) is 5.78 Å². The Bertz CT molecular complexity index is 1480. The lowest BCUT2D eigenvalue weighted by Gasteiger charge is -2.20. The maximum atomic E-state index is 13.3. The molecular weight excluding hydrogens is 510 g/mol. The van der Waals surface area contributed by atoms with Crippen molar-refractivity contribution in [2.45, 2.75) is 32.1 Å². The summed E-state index contributed by atoms with van der Waals surface area (Å²) in [5, 5.41) is 0. The van der Waals surface area contributed by atoms with Crippen molar-refractivity contribution in [3.05, 3.63) is 113 Å². The summed E-state index contributed by atoms with van der Waals surface area (Å²) >= 11 is 0. The van der Waals surface area contributed by atoms with E-state index in [-0.39, 0.29) is 36.8 Å². The van der Waals surface area contributed by atoms with Crippen LogP contribution in [0.2, 0.25) is 0 Å². The Balaban J connectivity index is 1.89. The highest BCUT2D eigenvalue weighted by molar-refractivity contribution is 7.89. The molecule has 0 aliphatic rings. The number of carbonyl (C=O) groups excluding carboxylic acids is 2. The summed E-state index contributed by atoms with van der Waals surface area (Å²) in [6.07, 6.45) is 0.106. The van der Waals surface area contributed by atoms with Gasteiger partial charge < -0.3 is 4.74 Å². The van der Waals surface area contributed by atoms with Crippen molar-refractivity contribution in [2.75, 3.05) is 19.7 Å². The first kappa shape index (κ1) is 29.6. The van der Waals surface area contributed by atoms with Crippen molar-refractivity contribution in [1.82, 2.24) is 4.31 Å². The molecule has 7 heteroatoms. The van der Waals surface area contributed by atoms with E-state index < -0.39 is 21.9 Å². The molecule has 0 saturated heterocycles. The highest BCUT2D eigenvalue weighted by Gasteiger charge is 2.30. The minimum Gasteiger partial charge on any atom is -0.465 e. The zero-order chi connectivity index (χ0) is 28.4. The van der Waals surface area contributed by atoms with Crippen LogP contribution < -0.4 is 0 Å². The standard InChI is InChI=1S/C32H33NO5S/c1-5-38-32(35)30(31(34)27-13-7-6-8-14-27)22-28-15-10-9-12-26(28)16-11-21-33(23-24(2)3)39(36,37)29-19-17-25(4)18-20-29/h6-10,12-15,17-20,30H,2,5,21-23H2,1,3-4H3. The molecule has 0 bridgehead atoms. The number of ether oxygens (including phenoxy) is 1. The summed E-state index contributed by atoms with van der Waals surface area (Å²) in [5.41, 5.74) is 3.37. The Hall–Kier alpha value is -3.99. The molecule has 0 spiro atoms. The molecule has 3 rings (SSSR count). The van der Waals surface area contributed by atoms with Crippen LogP contribution in [0.5, 0.6) is 0 Å². The van der Waals surface area contributed by atoms with Gasteiger partial charge in [-0.1, -0.05) is 90.2 Å². The van der Waals surface area contributed by atoms with Gasteiger partial charge in [-0.15, -0.1) is 0 Å². The molecule has 1 unspecified atom stereocenters. The van der Waals surface area contributed by atoms with Gasteiger partial charge in [0, 0.05) is 17.7 Å². The topological polar surface area (TPSA) is 80.8 Å². The zero-order valence-electron chi connectivity index (χ0n) is 22.5. The second-order valence-corrected chi connectivity index (χ2v) is 11.2. The minimum atomic E-state index is -3.79. The van der Waals surface area contributed by atoms with E-state index in [1.165, 1.54) is 4.31 Å². The third kappa shape index (κ3) is 8.00. The Morgan fingerprint density at radius 3 is 2.26 bits per heavy atom. The molecule has 3 aromatic carbocycles. The lowest BCUT2D eigenvalue weighted by Crippen LogP contribution is -2.33. The van der Waals surface area contributed by atoms with Crippen molar-refractivity contribution in [3.8, 4) is 11.8 Å². The fourth-order valence-corrected chi connectivity index (χ4v) is 5.38. The zero-order valence-corrected chi connectivity index (χ0v) is 23.3. The minimum absolute atomic E-state index is 0.0539. The molecule has 0 aliphatic heterocycles. The molecule has 0 radical (unpaired) electrons. The van der Waals surface area contributed by atoms with Gasteiger partial charge in [0.1, 0.15) is 5.92 Å². The third-order valence-electron chi connectivity index (χ3n) is 5.97. The number of hydrogen-bond acceptors (Lipinski definition) is 5. The first-order chi connectivity index (χ1) is 18.6. The van der Waals surface area contributed by atoms with Gasteiger partial charge in [-0.25, -0.2) is 8.42 Å². The van der Waals surface area contributed by atoms with Gasteiger partial charge >= 0.3 is 5.97 Å². The van der Waals surface area contributed by atoms with Crippen LogP contribution in [0.4, 0.5) is 0 Å². The summed E-state index contributed by atoms with van der Waals surface area (Å²) < 4.78 is 33.1. The Labute approximate surface area is 231 Å². The first-order valence-corrected chi connectivity index (χ1v) is 14.1. The number of aryl methyl sites for hydroxylation is 1. The van der Waals surface area contributed by atoms with Crippen molar-refractivity contribution in [2.24, 2.45) is 5.92 Å². The highest BCUT2D eigenvalue weighted by Crippen LogP contribution is 2.20. The summed E-state index contributed by atoms with van der Waals surface area (Å²) in [6, 6.07) is 22.5. The van der Waals surface area contributed by atoms with E-state index in [0.717, 1.165) is 5.56 Å². The monoisotopic (exact) mass is 543 g/mol. The highest BCUT2D eigenvalue weighted by atomic mass is 32.2. The largest absolute Gasteiger partial charge is 0.465 e. The number of benzene rings is 3. The molecule has 0 heterocycles. The average Bonchev–Trinajstić information content (AvgIpc) is 2.92. The Morgan fingerprint density at radius 1 is 0.974 bits per heavy atom. The first-order valence-electron chi connectivity index (χ1n) is 12.7. The number of esters is 1. The van der Waals surface area contributed by atoms with Crippen LogP contribution in [-0.2, 0) is 26.0 Å². The van der Waals surface area contributed by atoms with E-state index in [1.54, 1.807) is 80.6 Å². The van der Waals surface area contributed by atoms with E-state index in [4.69, 9.17) is 4.74 Å². The molecule has 0 aromatic heterocycles. The number of nitrogens with zero attached hydrogens (tertiary/aromatic N) is 1. The molecule has 0 N–H and O–H groups in total. The molecule has 1 atom stereocenters. The third-order valence-corrected chi connectivity index (χ3v) is 7.78. The molecule has 6 nitrogen and oxygen atoms in total. The van der Waals surface area contributed by atoms with Crippen LogP contribution in [0.15, 0.2) is 95.9 Å². The van der Waals surface area contributed by atoms with Crippen LogP contribution in [0, 0.1) is 24.7 Å². The van der Waals surface area contributed by atoms with E-state index in [2.05, 4.69) is 18.4 Å². The maximum absolute atomic E-state index is 13.3. The predicted octanol–water partition coefficient (Wildman–Crippen LogP) is 5.22. The van der Waals surface area contributed by atoms with Gasteiger partial charge in [-0.3, -0.25) is 9.59 Å². The van der Waals surface area contributed by atoms with Crippen LogP contribution in [0.1, 0.15) is 40.9 Å². The van der Waals surface area contributed by atoms with E-state index in [9.17, 15) is 18.0 Å². The second-order valence-electron chi connectivity index (χ2n) is 9.24. The number of hydrogen-bond donors (Lipinski definition) is 0. The van der Waals surface area contributed by atoms with Crippen LogP contribution in [0.25, 0.3) is 0 Å². The van der Waals surface area contributed by atoms with Gasteiger partial charge in [0.05, 0.1) is 18.0 Å². The van der Waals surface area contributed by atoms with Gasteiger partial charge in [-0.05, 0) is 51.0 Å². The Morgan fingerprint density at radius 2 is 1.62 bits per heavy atom. The van der Waals surface area contributed by atoms with Gasteiger partial charge in [0.2, 0.25) is 10.0 Å². The quantitative estimate of drug-likeness (QED) is 0.109. The van der Waals surface area contributed by atoms with Crippen molar-refractivity contribution < 1.29 is 22.7 Å². The number of carbonyl (C=O) groups is 2. The van der Waals surface area contributed by atoms with Gasteiger partial charge in [0.25, 0.3) is 0 Å². The fraction of sp³-hybridized carbons (Fsp3) is 0.250. The predicted molar refractivity (Wildman–Crippen MR) is 153 cm³/mol. The molecule has 0 aliphatic carbocycles.